The van der Waals surface area contributed by atoms with E-state index in [4.69, 9.17) is 14.3 Å². The molecule has 0 aliphatic rings. The number of carbonyl (C=O) groups is 5. The van der Waals surface area contributed by atoms with Crippen molar-refractivity contribution >= 4 is 84.7 Å². The second-order valence-electron chi connectivity index (χ2n) is 17.3. The van der Waals surface area contributed by atoms with Gasteiger partial charge >= 0.3 is 0 Å². The molecule has 0 atom stereocenters. The summed E-state index contributed by atoms with van der Waals surface area (Å²) >= 11 is 0. The van der Waals surface area contributed by atoms with Crippen LogP contribution in [0.4, 0.5) is 34.1 Å². The van der Waals surface area contributed by atoms with E-state index in [0.717, 1.165) is 5.56 Å². The van der Waals surface area contributed by atoms with Gasteiger partial charge in [-0.1, -0.05) is 12.1 Å². The Labute approximate surface area is 451 Å². The Morgan fingerprint density at radius 1 is 0.551 bits per heavy atom. The van der Waals surface area contributed by atoms with Gasteiger partial charge in [-0.3, -0.25) is 60.0 Å². The lowest BCUT2D eigenvalue weighted by atomic mass is 10.1. The number of nitrogens with zero attached hydrogens (tertiary/aromatic N) is 2. The predicted molar refractivity (Wildman–Crippen MR) is 289 cm³/mol. The molecule has 10 N–H and O–H groups in total. The van der Waals surface area contributed by atoms with Gasteiger partial charge in [-0.2, -0.15) is 14.6 Å². The average molecular weight is 1110 g/mol. The maximum atomic E-state index is 13.4. The zero-order valence-corrected chi connectivity index (χ0v) is 44.8. The molecule has 0 saturated heterocycles. The highest BCUT2D eigenvalue weighted by Crippen LogP contribution is 2.30. The monoisotopic (exact) mass is 1110 g/mol. The van der Waals surface area contributed by atoms with E-state index < -0.39 is 26.0 Å². The van der Waals surface area contributed by atoms with Crippen LogP contribution in [0.2, 0.25) is 0 Å². The Kier molecular flexibility index (Phi) is 21.5. The van der Waals surface area contributed by atoms with Crippen LogP contribution in [-0.4, -0.2) is 86.9 Å². The molecule has 6 aromatic rings. The number of carbonyl (C=O) groups excluding carboxylic acids is 5. The zero-order valence-electron chi connectivity index (χ0n) is 43.2. The fourth-order valence-corrected chi connectivity index (χ4v) is 10.3. The number of aryl methyl sites for hydroxylation is 2. The number of pyridine rings is 2. The number of hydrazine groups is 2. The molecule has 0 unspecified atom stereocenters. The van der Waals surface area contributed by atoms with Gasteiger partial charge in [-0.05, 0) is 123 Å². The van der Waals surface area contributed by atoms with Gasteiger partial charge in [0.2, 0.25) is 25.9 Å². The number of amides is 5. The summed E-state index contributed by atoms with van der Waals surface area (Å²) < 4.78 is 73.0. The van der Waals surface area contributed by atoms with E-state index in [9.17, 15) is 40.8 Å². The van der Waals surface area contributed by atoms with Crippen molar-refractivity contribution in [3.05, 3.63) is 155 Å². The summed E-state index contributed by atoms with van der Waals surface area (Å²) in [4.78, 5) is 66.0. The van der Waals surface area contributed by atoms with Crippen molar-refractivity contribution in [2.24, 2.45) is 0 Å². The number of hydroxylamine groups is 1. The second kappa shape index (κ2) is 28.6. The zero-order chi connectivity index (χ0) is 56.1. The normalized spacial score (nSPS) is 11.2. The number of rotatable bonds is 31. The first-order valence-electron chi connectivity index (χ1n) is 24.2. The summed E-state index contributed by atoms with van der Waals surface area (Å²) in [6, 6.07) is 25.5. The van der Waals surface area contributed by atoms with Crippen molar-refractivity contribution in [2.75, 3.05) is 70.4 Å². The number of sulfonamides is 2. The maximum absolute atomic E-state index is 13.4. The van der Waals surface area contributed by atoms with Crippen molar-refractivity contribution in [3.63, 3.8) is 0 Å². The van der Waals surface area contributed by atoms with Gasteiger partial charge in [0.25, 0.3) is 37.8 Å². The molecular formula is C52H62N12O12S2+2. The van der Waals surface area contributed by atoms with Gasteiger partial charge in [0.15, 0.2) is 24.8 Å². The molecule has 6 rings (SSSR count). The molecule has 0 fully saturated rings. The third kappa shape index (κ3) is 17.5. The van der Waals surface area contributed by atoms with Crippen LogP contribution >= 0.6 is 0 Å². The number of hydrogen-bond donors (Lipinski definition) is 10. The highest BCUT2D eigenvalue weighted by Gasteiger charge is 2.24. The number of anilines is 6. The summed E-state index contributed by atoms with van der Waals surface area (Å²) in [5.41, 5.74) is 18.3. The number of aromatic nitrogens is 2. The van der Waals surface area contributed by atoms with Crippen LogP contribution in [0, 0.1) is 27.7 Å². The third-order valence-corrected chi connectivity index (χ3v) is 14.5. The molecule has 0 bridgehead atoms. The Morgan fingerprint density at radius 3 is 1.51 bits per heavy atom. The van der Waals surface area contributed by atoms with Crippen molar-refractivity contribution in [1.29, 1.82) is 0 Å². The summed E-state index contributed by atoms with van der Waals surface area (Å²) in [7, 11) is -8.09. The van der Waals surface area contributed by atoms with Crippen molar-refractivity contribution in [1.82, 2.24) is 21.6 Å². The van der Waals surface area contributed by atoms with Crippen molar-refractivity contribution < 1.29 is 64.3 Å². The van der Waals surface area contributed by atoms with Gasteiger partial charge in [0.05, 0.1) is 54.2 Å². The predicted octanol–water partition coefficient (Wildman–Crippen LogP) is 3.00. The fourth-order valence-electron chi connectivity index (χ4n) is 7.70. The minimum Gasteiger partial charge on any atom is -0.378 e. The fraction of sp³-hybridized carbons (Fsp3) is 0.250. The molecule has 0 aliphatic carbocycles. The topological polar surface area (TPSA) is 309 Å². The van der Waals surface area contributed by atoms with Crippen LogP contribution in [0.3, 0.4) is 0 Å². The SMILES string of the molecule is Cc1ccc(S(=O)(=O)Nc2ccc(NNC=O)cc2)c(C)c1NC(=O)C[n+]1cccc(CONCCOCCOCCNC(=O)c2ccc[n+](CC(=O)Nc3c(C)ccc(S(=O)(=O)Nc4ccc(NNC=O)cc4)c3C)c2)c1. The van der Waals surface area contributed by atoms with Crippen LogP contribution < -0.4 is 61.7 Å². The Bertz CT molecular complexity index is 3300. The molecule has 24 nitrogen and oxygen atoms in total. The molecule has 0 radical (unpaired) electrons. The van der Waals surface area contributed by atoms with E-state index in [1.165, 1.54) is 30.5 Å². The lowest BCUT2D eigenvalue weighted by Gasteiger charge is -2.16. The Balaban J connectivity index is 0.841. The minimum atomic E-state index is -4.06. The minimum absolute atomic E-state index is 0.00127. The van der Waals surface area contributed by atoms with Crippen LogP contribution in [0.5, 0.6) is 0 Å². The molecule has 2 heterocycles. The first kappa shape index (κ1) is 58.7. The summed E-state index contributed by atoms with van der Waals surface area (Å²) in [6.45, 7) is 8.48. The molecule has 26 heteroatoms. The van der Waals surface area contributed by atoms with Gasteiger partial charge in [0.1, 0.15) is 5.56 Å². The van der Waals surface area contributed by atoms with E-state index in [1.54, 1.807) is 122 Å². The van der Waals surface area contributed by atoms with Gasteiger partial charge in [-0.15, -0.1) is 0 Å². The quantitative estimate of drug-likeness (QED) is 0.0130. The van der Waals surface area contributed by atoms with E-state index >= 15 is 0 Å². The summed E-state index contributed by atoms with van der Waals surface area (Å²) in [5.74, 6) is -1.17. The Hall–Kier alpha value is -8.53. The molecular weight excluding hydrogens is 1050 g/mol. The van der Waals surface area contributed by atoms with E-state index in [2.05, 4.69) is 52.6 Å². The third-order valence-electron chi connectivity index (χ3n) is 11.5. The summed E-state index contributed by atoms with van der Waals surface area (Å²) in [6.07, 6.45) is 7.60. The highest BCUT2D eigenvalue weighted by molar-refractivity contribution is 7.93. The number of ether oxygens (including phenoxy) is 2. The number of nitrogens with one attached hydrogen (secondary N) is 10. The van der Waals surface area contributed by atoms with Crippen molar-refractivity contribution in [3.8, 4) is 0 Å². The lowest BCUT2D eigenvalue weighted by Crippen LogP contribution is -2.41. The molecule has 4 aromatic carbocycles. The van der Waals surface area contributed by atoms with Gasteiger partial charge < -0.3 is 25.4 Å². The van der Waals surface area contributed by atoms with Gasteiger partial charge in [0, 0.05) is 53.5 Å². The maximum Gasteiger partial charge on any atom is 0.290 e. The molecule has 0 spiro atoms. The molecule has 78 heavy (non-hydrogen) atoms. The van der Waals surface area contributed by atoms with Crippen LogP contribution in [0.15, 0.2) is 132 Å². The second-order valence-corrected chi connectivity index (χ2v) is 20.6. The largest absolute Gasteiger partial charge is 0.378 e. The van der Waals surface area contributed by atoms with Gasteiger partial charge in [-0.25, -0.2) is 16.8 Å². The standard InChI is InChI=1S/C52H60N12O12S2/c1-36-9-19-46(77(70,71)61-44-15-11-42(12-16-44)59-54-34-65)38(3)50(36)57-48(67)31-63-23-5-7-40(29-63)33-76-56-22-26-75-28-27-74-25-21-53-52(69)41-8-6-24-64(30-41)32-49(68)58-51-37(2)10-20-47(39(51)4)78(72,73)62-45-17-13-43(14-18-45)60-55-35-66/h5-20,23-24,29-30,34-35,56,59-62H,21-22,25-28,31-33H2,1-4H3,(H3-2,53,54,55,57,58,65,66,67,68,69)/p+2. The first-order chi connectivity index (χ1) is 37.5. The number of benzene rings is 4. The molecule has 412 valence electrons. The highest BCUT2D eigenvalue weighted by atomic mass is 32.2. The Morgan fingerprint density at radius 2 is 1.01 bits per heavy atom. The van der Waals surface area contributed by atoms with E-state index in [1.807, 2.05) is 6.07 Å². The van der Waals surface area contributed by atoms with Crippen LogP contribution in [0.1, 0.15) is 38.2 Å². The lowest BCUT2D eigenvalue weighted by molar-refractivity contribution is -0.684. The molecule has 0 aliphatic heterocycles. The van der Waals surface area contributed by atoms with E-state index in [-0.39, 0.29) is 61.1 Å². The van der Waals surface area contributed by atoms with Crippen LogP contribution in [0.25, 0.3) is 0 Å². The smallest absolute Gasteiger partial charge is 0.290 e. The average Bonchev–Trinajstić information content (AvgIpc) is 3.47. The molecule has 0 saturated carbocycles. The van der Waals surface area contributed by atoms with E-state index in [0.29, 0.717) is 94.5 Å². The molecule has 2 aromatic heterocycles. The molecule has 5 amide bonds. The van der Waals surface area contributed by atoms with Crippen LogP contribution in [-0.2, 0) is 73.2 Å². The summed E-state index contributed by atoms with van der Waals surface area (Å²) in [5, 5.41) is 8.48. The first-order valence-corrected chi connectivity index (χ1v) is 27.1. The number of hydrogen-bond acceptors (Lipinski definition) is 15. The van der Waals surface area contributed by atoms with Crippen molar-refractivity contribution in [2.45, 2.75) is 57.2 Å².